The first-order valence-corrected chi connectivity index (χ1v) is 9.00. The number of hydrogen-bond donors (Lipinski definition) is 1. The molecule has 0 spiro atoms. The second-order valence-corrected chi connectivity index (χ2v) is 6.50. The number of benzene rings is 1. The number of halogens is 1. The van der Waals surface area contributed by atoms with Gasteiger partial charge in [0, 0.05) is 43.8 Å². The van der Waals surface area contributed by atoms with Crippen molar-refractivity contribution in [2.45, 2.75) is 19.9 Å². The van der Waals surface area contributed by atoms with Crippen LogP contribution < -0.4 is 5.32 Å². The summed E-state index contributed by atoms with van der Waals surface area (Å²) < 4.78 is 13.8. The summed E-state index contributed by atoms with van der Waals surface area (Å²) in [5, 5.41) is 2.99. The Morgan fingerprint density at radius 1 is 1.14 bits per heavy atom. The SMILES string of the molecule is Cc1cc(C(=O)N(C)CCc2ccncc2)nc(NCc2ccccc2F)n1. The molecule has 0 aliphatic heterocycles. The molecule has 0 saturated heterocycles. The average molecular weight is 379 g/mol. The number of carbonyl (C=O) groups excluding carboxylic acids is 1. The lowest BCUT2D eigenvalue weighted by Gasteiger charge is -2.17. The molecular weight excluding hydrogens is 357 g/mol. The van der Waals surface area contributed by atoms with Crippen molar-refractivity contribution in [3.8, 4) is 0 Å². The first-order valence-electron chi connectivity index (χ1n) is 9.00. The van der Waals surface area contributed by atoms with Crippen LogP contribution in [0.5, 0.6) is 0 Å². The molecule has 0 aliphatic rings. The predicted molar refractivity (Wildman–Crippen MR) is 105 cm³/mol. The number of aryl methyl sites for hydroxylation is 1. The van der Waals surface area contributed by atoms with E-state index in [0.717, 1.165) is 12.0 Å². The highest BCUT2D eigenvalue weighted by atomic mass is 19.1. The molecule has 0 atom stereocenters. The van der Waals surface area contributed by atoms with Crippen molar-refractivity contribution in [3.63, 3.8) is 0 Å². The summed E-state index contributed by atoms with van der Waals surface area (Å²) in [7, 11) is 1.74. The van der Waals surface area contributed by atoms with E-state index in [1.807, 2.05) is 12.1 Å². The Bertz CT molecular complexity index is 949. The van der Waals surface area contributed by atoms with Crippen LogP contribution in [0.4, 0.5) is 10.3 Å². The number of aromatic nitrogens is 3. The molecule has 2 aromatic heterocycles. The maximum absolute atomic E-state index is 13.8. The molecule has 0 bridgehead atoms. The van der Waals surface area contributed by atoms with Gasteiger partial charge in [0.25, 0.3) is 5.91 Å². The minimum atomic E-state index is -0.296. The average Bonchev–Trinajstić information content (AvgIpc) is 2.71. The van der Waals surface area contributed by atoms with Crippen LogP contribution in [0.25, 0.3) is 0 Å². The molecule has 1 N–H and O–H groups in total. The van der Waals surface area contributed by atoms with E-state index in [1.165, 1.54) is 6.07 Å². The van der Waals surface area contributed by atoms with E-state index in [9.17, 15) is 9.18 Å². The van der Waals surface area contributed by atoms with E-state index in [4.69, 9.17) is 0 Å². The molecule has 0 radical (unpaired) electrons. The quantitative estimate of drug-likeness (QED) is 0.682. The van der Waals surface area contributed by atoms with E-state index < -0.39 is 0 Å². The van der Waals surface area contributed by atoms with Crippen molar-refractivity contribution in [1.82, 2.24) is 19.9 Å². The summed E-state index contributed by atoms with van der Waals surface area (Å²) in [4.78, 5) is 27.0. The van der Waals surface area contributed by atoms with Crippen molar-refractivity contribution in [2.24, 2.45) is 0 Å². The van der Waals surface area contributed by atoms with Crippen LogP contribution in [0.15, 0.2) is 54.9 Å². The Labute approximate surface area is 163 Å². The number of likely N-dealkylation sites (N-methyl/N-ethyl adjacent to an activating group) is 1. The van der Waals surface area contributed by atoms with Crippen LogP contribution in [-0.4, -0.2) is 39.4 Å². The summed E-state index contributed by atoms with van der Waals surface area (Å²) in [5.41, 5.74) is 2.59. The second kappa shape index (κ2) is 9.03. The topological polar surface area (TPSA) is 71.0 Å². The molecule has 28 heavy (non-hydrogen) atoms. The lowest BCUT2D eigenvalue weighted by atomic mass is 10.2. The Balaban J connectivity index is 1.66. The minimum absolute atomic E-state index is 0.187. The molecule has 7 heteroatoms. The highest BCUT2D eigenvalue weighted by Crippen LogP contribution is 2.11. The van der Waals surface area contributed by atoms with Crippen molar-refractivity contribution in [2.75, 3.05) is 18.9 Å². The molecule has 0 unspecified atom stereocenters. The Hall–Kier alpha value is -3.35. The van der Waals surface area contributed by atoms with E-state index >= 15 is 0 Å². The molecule has 0 saturated carbocycles. The first kappa shape index (κ1) is 19.4. The molecule has 6 nitrogen and oxygen atoms in total. The van der Waals surface area contributed by atoms with Crippen LogP contribution in [0, 0.1) is 12.7 Å². The van der Waals surface area contributed by atoms with Gasteiger partial charge in [0.1, 0.15) is 11.5 Å². The van der Waals surface area contributed by atoms with Crippen LogP contribution in [0.3, 0.4) is 0 Å². The summed E-state index contributed by atoms with van der Waals surface area (Å²) in [6.07, 6.45) is 4.20. The fraction of sp³-hybridized carbons (Fsp3) is 0.238. The summed E-state index contributed by atoms with van der Waals surface area (Å²) in [5.74, 6) is -0.183. The Morgan fingerprint density at radius 3 is 2.64 bits per heavy atom. The predicted octanol–water partition coefficient (Wildman–Crippen LogP) is 3.25. The highest BCUT2D eigenvalue weighted by molar-refractivity contribution is 5.92. The van der Waals surface area contributed by atoms with Gasteiger partial charge in [-0.3, -0.25) is 9.78 Å². The monoisotopic (exact) mass is 379 g/mol. The summed E-state index contributed by atoms with van der Waals surface area (Å²) in [6.45, 7) is 2.59. The molecule has 3 aromatic rings. The number of nitrogens with one attached hydrogen (secondary N) is 1. The zero-order valence-electron chi connectivity index (χ0n) is 15.9. The van der Waals surface area contributed by atoms with Crippen LogP contribution in [-0.2, 0) is 13.0 Å². The Kier molecular flexibility index (Phi) is 6.26. The standard InChI is InChI=1S/C21H22FN5O/c1-15-13-19(20(28)27(2)12-9-16-7-10-23-11-8-16)26-21(25-15)24-14-17-5-3-4-6-18(17)22/h3-8,10-11,13H,9,12,14H2,1-2H3,(H,24,25,26). The van der Waals surface area contributed by atoms with Crippen molar-refractivity contribution in [1.29, 1.82) is 0 Å². The number of carbonyl (C=O) groups is 1. The van der Waals surface area contributed by atoms with Gasteiger partial charge in [0.2, 0.25) is 5.95 Å². The first-order chi connectivity index (χ1) is 13.5. The molecule has 144 valence electrons. The number of anilines is 1. The largest absolute Gasteiger partial charge is 0.350 e. The maximum Gasteiger partial charge on any atom is 0.272 e. The molecule has 0 aliphatic carbocycles. The highest BCUT2D eigenvalue weighted by Gasteiger charge is 2.15. The van der Waals surface area contributed by atoms with Gasteiger partial charge in [-0.1, -0.05) is 18.2 Å². The summed E-state index contributed by atoms with van der Waals surface area (Å²) >= 11 is 0. The zero-order chi connectivity index (χ0) is 19.9. The van der Waals surface area contributed by atoms with E-state index in [-0.39, 0.29) is 18.3 Å². The number of amides is 1. The fourth-order valence-electron chi connectivity index (χ4n) is 2.72. The van der Waals surface area contributed by atoms with E-state index in [0.29, 0.717) is 29.4 Å². The summed E-state index contributed by atoms with van der Waals surface area (Å²) in [6, 6.07) is 12.0. The van der Waals surface area contributed by atoms with Crippen molar-refractivity contribution in [3.05, 3.63) is 83.2 Å². The number of pyridine rings is 1. The van der Waals surface area contributed by atoms with Crippen molar-refractivity contribution >= 4 is 11.9 Å². The zero-order valence-corrected chi connectivity index (χ0v) is 15.9. The molecule has 1 aromatic carbocycles. The van der Waals surface area contributed by atoms with Gasteiger partial charge in [0.15, 0.2) is 0 Å². The molecule has 2 heterocycles. The van der Waals surface area contributed by atoms with Gasteiger partial charge in [-0.25, -0.2) is 14.4 Å². The third-order valence-corrected chi connectivity index (χ3v) is 4.30. The van der Waals surface area contributed by atoms with Crippen LogP contribution in [0.2, 0.25) is 0 Å². The van der Waals surface area contributed by atoms with Gasteiger partial charge in [0.05, 0.1) is 0 Å². The third kappa shape index (κ3) is 5.09. The lowest BCUT2D eigenvalue weighted by molar-refractivity contribution is 0.0790. The Morgan fingerprint density at radius 2 is 1.89 bits per heavy atom. The van der Waals surface area contributed by atoms with Gasteiger partial charge >= 0.3 is 0 Å². The normalized spacial score (nSPS) is 10.5. The number of rotatable bonds is 7. The fourth-order valence-corrected chi connectivity index (χ4v) is 2.72. The maximum atomic E-state index is 13.8. The lowest BCUT2D eigenvalue weighted by Crippen LogP contribution is -2.30. The van der Waals surface area contributed by atoms with Gasteiger partial charge in [-0.05, 0) is 43.2 Å². The van der Waals surface area contributed by atoms with Gasteiger partial charge in [-0.15, -0.1) is 0 Å². The molecule has 0 fully saturated rings. The van der Waals surface area contributed by atoms with E-state index in [2.05, 4.69) is 20.3 Å². The third-order valence-electron chi connectivity index (χ3n) is 4.30. The van der Waals surface area contributed by atoms with Gasteiger partial charge in [-0.2, -0.15) is 0 Å². The minimum Gasteiger partial charge on any atom is -0.350 e. The van der Waals surface area contributed by atoms with E-state index in [1.54, 1.807) is 55.5 Å². The molecule has 1 amide bonds. The van der Waals surface area contributed by atoms with Crippen LogP contribution >= 0.6 is 0 Å². The van der Waals surface area contributed by atoms with Gasteiger partial charge < -0.3 is 10.2 Å². The smallest absolute Gasteiger partial charge is 0.272 e. The van der Waals surface area contributed by atoms with Crippen LogP contribution in [0.1, 0.15) is 27.3 Å². The van der Waals surface area contributed by atoms with Crippen molar-refractivity contribution < 1.29 is 9.18 Å². The number of hydrogen-bond acceptors (Lipinski definition) is 5. The number of nitrogens with zero attached hydrogens (tertiary/aromatic N) is 4. The second-order valence-electron chi connectivity index (χ2n) is 6.50. The molecule has 3 rings (SSSR count). The molecular formula is C21H22FN5O.